The maximum Gasteiger partial charge on any atom is 0.162 e. The van der Waals surface area contributed by atoms with Crippen molar-refractivity contribution in [1.82, 2.24) is 0 Å². The quantitative estimate of drug-likeness (QED) is 0.700. The standard InChI is InChI=1S/C10H15ClO2/c1-10(2)5-8(12)7(3-4-11)9(13)6-10/h12H,3-6H2,1-2H3. The second kappa shape index (κ2) is 3.70. The van der Waals surface area contributed by atoms with Crippen LogP contribution in [0.2, 0.25) is 0 Å². The Hall–Kier alpha value is -0.500. The minimum absolute atomic E-state index is 0.0504. The van der Waals surface area contributed by atoms with Crippen LogP contribution in [0.1, 0.15) is 33.1 Å². The molecule has 0 saturated carbocycles. The number of aliphatic hydroxyl groups excluding tert-OH is 1. The van der Waals surface area contributed by atoms with Crippen molar-refractivity contribution in [2.75, 3.05) is 5.88 Å². The number of alkyl halides is 1. The van der Waals surface area contributed by atoms with Crippen molar-refractivity contribution in [3.63, 3.8) is 0 Å². The van der Waals surface area contributed by atoms with Crippen molar-refractivity contribution in [3.05, 3.63) is 11.3 Å². The molecule has 0 aliphatic heterocycles. The van der Waals surface area contributed by atoms with E-state index in [9.17, 15) is 9.90 Å². The highest BCUT2D eigenvalue weighted by Crippen LogP contribution is 2.36. The van der Waals surface area contributed by atoms with Crippen LogP contribution in [0.4, 0.5) is 0 Å². The van der Waals surface area contributed by atoms with Crippen molar-refractivity contribution in [2.24, 2.45) is 5.41 Å². The Balaban J connectivity index is 2.88. The van der Waals surface area contributed by atoms with E-state index in [2.05, 4.69) is 0 Å². The summed E-state index contributed by atoms with van der Waals surface area (Å²) in [5.41, 5.74) is 0.436. The number of Topliss-reactive ketones (excluding diaryl/α,β-unsaturated/α-hetero) is 1. The number of ketones is 1. The van der Waals surface area contributed by atoms with E-state index >= 15 is 0 Å². The zero-order valence-corrected chi connectivity index (χ0v) is 8.82. The van der Waals surface area contributed by atoms with E-state index in [0.29, 0.717) is 30.7 Å². The molecule has 13 heavy (non-hydrogen) atoms. The molecule has 1 aliphatic rings. The number of rotatable bonds is 2. The molecule has 0 spiro atoms. The molecule has 3 heteroatoms. The molecule has 1 aliphatic carbocycles. The summed E-state index contributed by atoms with van der Waals surface area (Å²) in [6, 6.07) is 0. The van der Waals surface area contributed by atoms with Gasteiger partial charge in [0.1, 0.15) is 0 Å². The van der Waals surface area contributed by atoms with Gasteiger partial charge < -0.3 is 5.11 Å². The third kappa shape index (κ3) is 2.47. The van der Waals surface area contributed by atoms with Crippen molar-refractivity contribution in [3.8, 4) is 0 Å². The predicted molar refractivity (Wildman–Crippen MR) is 53.0 cm³/mol. The number of allylic oxidation sites excluding steroid dienone is 2. The number of hydrogen-bond donors (Lipinski definition) is 1. The van der Waals surface area contributed by atoms with Gasteiger partial charge in [0, 0.05) is 24.3 Å². The van der Waals surface area contributed by atoms with E-state index < -0.39 is 0 Å². The monoisotopic (exact) mass is 202 g/mol. The summed E-state index contributed by atoms with van der Waals surface area (Å²) < 4.78 is 0. The van der Waals surface area contributed by atoms with Crippen molar-refractivity contribution in [2.45, 2.75) is 33.1 Å². The highest BCUT2D eigenvalue weighted by molar-refractivity contribution is 6.18. The second-order valence-electron chi connectivity index (χ2n) is 4.31. The average molecular weight is 203 g/mol. The minimum Gasteiger partial charge on any atom is -0.512 e. The largest absolute Gasteiger partial charge is 0.512 e. The molecule has 1 N–H and O–H groups in total. The van der Waals surface area contributed by atoms with Crippen LogP contribution in [0.5, 0.6) is 0 Å². The SMILES string of the molecule is CC1(C)CC(=O)C(CCCl)=C(O)C1. The molecular formula is C10H15ClO2. The van der Waals surface area contributed by atoms with Gasteiger partial charge in [0.25, 0.3) is 0 Å². The highest BCUT2D eigenvalue weighted by Gasteiger charge is 2.32. The summed E-state index contributed by atoms with van der Waals surface area (Å²) in [5.74, 6) is 0.683. The first-order chi connectivity index (χ1) is 5.96. The van der Waals surface area contributed by atoms with E-state index in [1.54, 1.807) is 0 Å². The Morgan fingerprint density at radius 3 is 2.54 bits per heavy atom. The summed E-state index contributed by atoms with van der Waals surface area (Å²) in [6.45, 7) is 3.97. The third-order valence-corrected chi connectivity index (χ3v) is 2.50. The Kier molecular flexibility index (Phi) is 3.01. The van der Waals surface area contributed by atoms with Gasteiger partial charge in [-0.1, -0.05) is 13.8 Å². The first kappa shape index (κ1) is 10.6. The molecule has 0 aromatic carbocycles. The van der Waals surface area contributed by atoms with Gasteiger partial charge in [-0.25, -0.2) is 0 Å². The Morgan fingerprint density at radius 2 is 2.08 bits per heavy atom. The molecule has 0 unspecified atom stereocenters. The van der Waals surface area contributed by atoms with Crippen LogP contribution >= 0.6 is 11.6 Å². The highest BCUT2D eigenvalue weighted by atomic mass is 35.5. The van der Waals surface area contributed by atoms with Crippen LogP contribution in [0, 0.1) is 5.41 Å². The lowest BCUT2D eigenvalue weighted by atomic mass is 9.76. The molecule has 0 bridgehead atoms. The van der Waals surface area contributed by atoms with Crippen LogP contribution in [-0.4, -0.2) is 16.8 Å². The molecule has 0 radical (unpaired) electrons. The molecule has 1 rings (SSSR count). The fourth-order valence-corrected chi connectivity index (χ4v) is 1.89. The molecule has 0 atom stereocenters. The molecule has 0 aromatic heterocycles. The third-order valence-electron chi connectivity index (χ3n) is 2.31. The van der Waals surface area contributed by atoms with Crippen LogP contribution in [0.25, 0.3) is 0 Å². The average Bonchev–Trinajstić information content (AvgIpc) is 1.94. The van der Waals surface area contributed by atoms with Gasteiger partial charge in [0.2, 0.25) is 0 Å². The zero-order chi connectivity index (χ0) is 10.1. The predicted octanol–water partition coefficient (Wildman–Crippen LogP) is 2.82. The summed E-state index contributed by atoms with van der Waals surface area (Å²) >= 11 is 5.54. The van der Waals surface area contributed by atoms with Gasteiger partial charge in [-0.3, -0.25) is 4.79 Å². The molecule has 74 valence electrons. The number of aliphatic hydroxyl groups is 1. The molecule has 0 aromatic rings. The van der Waals surface area contributed by atoms with Gasteiger partial charge in [0.05, 0.1) is 5.76 Å². The van der Waals surface area contributed by atoms with Crippen LogP contribution in [-0.2, 0) is 4.79 Å². The Bertz CT molecular complexity index is 254. The zero-order valence-electron chi connectivity index (χ0n) is 8.06. The van der Waals surface area contributed by atoms with Crippen LogP contribution in [0.15, 0.2) is 11.3 Å². The number of carbonyl (C=O) groups excluding carboxylic acids is 1. The smallest absolute Gasteiger partial charge is 0.162 e. The lowest BCUT2D eigenvalue weighted by Crippen LogP contribution is -2.25. The lowest BCUT2D eigenvalue weighted by molar-refractivity contribution is -0.118. The summed E-state index contributed by atoms with van der Waals surface area (Å²) in [6.07, 6.45) is 1.59. The first-order valence-electron chi connectivity index (χ1n) is 4.46. The van der Waals surface area contributed by atoms with Crippen molar-refractivity contribution < 1.29 is 9.90 Å². The normalized spacial score (nSPS) is 22.2. The van der Waals surface area contributed by atoms with Gasteiger partial charge in [-0.05, 0) is 11.8 Å². The molecule has 0 fully saturated rings. The molecule has 0 heterocycles. The fraction of sp³-hybridized carbons (Fsp3) is 0.700. The van der Waals surface area contributed by atoms with Crippen molar-refractivity contribution >= 4 is 17.4 Å². The van der Waals surface area contributed by atoms with Gasteiger partial charge in [-0.15, -0.1) is 11.6 Å². The van der Waals surface area contributed by atoms with E-state index in [-0.39, 0.29) is 17.0 Å². The van der Waals surface area contributed by atoms with E-state index in [1.807, 2.05) is 13.8 Å². The van der Waals surface area contributed by atoms with Crippen LogP contribution in [0.3, 0.4) is 0 Å². The van der Waals surface area contributed by atoms with Gasteiger partial charge >= 0.3 is 0 Å². The van der Waals surface area contributed by atoms with Gasteiger partial charge in [-0.2, -0.15) is 0 Å². The molecule has 0 amide bonds. The number of hydrogen-bond acceptors (Lipinski definition) is 2. The molecule has 0 saturated heterocycles. The topological polar surface area (TPSA) is 37.3 Å². The van der Waals surface area contributed by atoms with Crippen molar-refractivity contribution in [1.29, 1.82) is 0 Å². The fourth-order valence-electron chi connectivity index (χ4n) is 1.70. The second-order valence-corrected chi connectivity index (χ2v) is 4.68. The van der Waals surface area contributed by atoms with E-state index in [4.69, 9.17) is 11.6 Å². The summed E-state index contributed by atoms with van der Waals surface area (Å²) in [4.78, 5) is 11.5. The molecule has 2 nitrogen and oxygen atoms in total. The van der Waals surface area contributed by atoms with Crippen LogP contribution < -0.4 is 0 Å². The first-order valence-corrected chi connectivity index (χ1v) is 5.00. The Labute approximate surface area is 83.6 Å². The number of halogens is 1. The lowest BCUT2D eigenvalue weighted by Gasteiger charge is -2.29. The maximum atomic E-state index is 11.5. The minimum atomic E-state index is -0.100. The summed E-state index contributed by atoms with van der Waals surface area (Å²) in [7, 11) is 0. The van der Waals surface area contributed by atoms with Gasteiger partial charge in [0.15, 0.2) is 5.78 Å². The maximum absolute atomic E-state index is 11.5. The molecular weight excluding hydrogens is 188 g/mol. The number of carbonyl (C=O) groups is 1. The summed E-state index contributed by atoms with van der Waals surface area (Å²) in [5, 5.41) is 9.61. The van der Waals surface area contributed by atoms with E-state index in [1.165, 1.54) is 0 Å². The Morgan fingerprint density at radius 1 is 1.46 bits per heavy atom. The van der Waals surface area contributed by atoms with E-state index in [0.717, 1.165) is 0 Å².